The number of amides is 1. The van der Waals surface area contributed by atoms with Crippen molar-refractivity contribution in [3.63, 3.8) is 0 Å². The number of carbonyl (C=O) groups excluding carboxylic acids is 1. The zero-order chi connectivity index (χ0) is 14.8. The highest BCUT2D eigenvalue weighted by molar-refractivity contribution is 5.72. The van der Waals surface area contributed by atoms with Crippen LogP contribution < -0.4 is 5.32 Å². The summed E-state index contributed by atoms with van der Waals surface area (Å²) in [6.45, 7) is 9.13. The van der Waals surface area contributed by atoms with E-state index in [1.807, 2.05) is 0 Å². The zero-order valence-corrected chi connectivity index (χ0v) is 13.9. The molecule has 116 valence electrons. The number of rotatable bonds is 11. The normalized spacial score (nSPS) is 9.68. The van der Waals surface area contributed by atoms with Crippen LogP contribution in [0.2, 0.25) is 0 Å². The lowest BCUT2D eigenvalue weighted by molar-refractivity contribution is -0.118. The third kappa shape index (κ3) is 26.9. The van der Waals surface area contributed by atoms with Gasteiger partial charge in [-0.15, -0.1) is 0 Å². The van der Waals surface area contributed by atoms with Crippen LogP contribution >= 0.6 is 0 Å². The van der Waals surface area contributed by atoms with E-state index in [2.05, 4.69) is 26.1 Å². The summed E-state index contributed by atoms with van der Waals surface area (Å²) in [5.74, 6) is 0.0866. The second kappa shape index (κ2) is 19.8. The Bertz CT molecular complexity index is 165. The molecule has 0 aliphatic heterocycles. The highest BCUT2D eigenvalue weighted by Crippen LogP contribution is 2.03. The first kappa shape index (κ1) is 20.8. The van der Waals surface area contributed by atoms with Gasteiger partial charge in [0, 0.05) is 13.5 Å². The largest absolute Gasteiger partial charge is 0.356 e. The fraction of sp³-hybridized carbons (Fsp3) is 0.941. The number of hydrogen-bond donors (Lipinski definition) is 1. The highest BCUT2D eigenvalue weighted by atomic mass is 16.1. The molecule has 1 amide bonds. The first-order valence-corrected chi connectivity index (χ1v) is 8.43. The highest BCUT2D eigenvalue weighted by Gasteiger charge is 1.91. The van der Waals surface area contributed by atoms with Crippen LogP contribution in [0.5, 0.6) is 0 Å². The van der Waals surface area contributed by atoms with Gasteiger partial charge in [0.1, 0.15) is 0 Å². The van der Waals surface area contributed by atoms with Crippen molar-refractivity contribution in [1.29, 1.82) is 0 Å². The predicted molar refractivity (Wildman–Crippen MR) is 86.5 cm³/mol. The van der Waals surface area contributed by atoms with Gasteiger partial charge in [-0.2, -0.15) is 0 Å². The van der Waals surface area contributed by atoms with E-state index in [0.29, 0.717) is 0 Å². The molecule has 0 aromatic heterocycles. The smallest absolute Gasteiger partial charge is 0.216 e. The molecule has 0 unspecified atom stereocenters. The van der Waals surface area contributed by atoms with Gasteiger partial charge < -0.3 is 5.32 Å². The molecule has 2 heteroatoms. The van der Waals surface area contributed by atoms with E-state index in [-0.39, 0.29) is 5.91 Å². The summed E-state index contributed by atoms with van der Waals surface area (Å²) in [6.07, 6.45) is 14.7. The zero-order valence-electron chi connectivity index (χ0n) is 13.9. The Morgan fingerprint density at radius 3 is 1.47 bits per heavy atom. The van der Waals surface area contributed by atoms with Gasteiger partial charge in [-0.3, -0.25) is 4.79 Å². The van der Waals surface area contributed by atoms with Gasteiger partial charge in [0.25, 0.3) is 0 Å². The molecule has 2 nitrogen and oxygen atoms in total. The Labute approximate surface area is 121 Å². The Hall–Kier alpha value is -0.530. The summed E-state index contributed by atoms with van der Waals surface area (Å²) >= 11 is 0. The second-order valence-corrected chi connectivity index (χ2v) is 5.31. The molecular weight excluding hydrogens is 234 g/mol. The molecule has 0 fully saturated rings. The minimum Gasteiger partial charge on any atom is -0.356 e. The van der Waals surface area contributed by atoms with Crippen molar-refractivity contribution in [2.45, 2.75) is 98.3 Å². The quantitative estimate of drug-likeness (QED) is 0.497. The number of carbonyl (C=O) groups is 1. The lowest BCUT2D eigenvalue weighted by Crippen LogP contribution is -2.20. The number of hydrogen-bond acceptors (Lipinski definition) is 1. The number of unbranched alkanes of at least 4 members (excludes halogenated alkanes) is 9. The van der Waals surface area contributed by atoms with Crippen LogP contribution in [-0.4, -0.2) is 12.5 Å². The van der Waals surface area contributed by atoms with Crippen LogP contribution in [0.15, 0.2) is 0 Å². The fourth-order valence-corrected chi connectivity index (χ4v) is 1.85. The maximum atomic E-state index is 10.5. The first-order valence-electron chi connectivity index (χ1n) is 8.43. The van der Waals surface area contributed by atoms with E-state index in [1.54, 1.807) is 6.92 Å². The predicted octanol–water partition coefficient (Wildman–Crippen LogP) is 5.46. The second-order valence-electron chi connectivity index (χ2n) is 5.31. The van der Waals surface area contributed by atoms with Crippen LogP contribution in [0, 0.1) is 0 Å². The SMILES string of the molecule is CCCCCCC.CCCCCCCCNC(C)=O. The summed E-state index contributed by atoms with van der Waals surface area (Å²) < 4.78 is 0. The molecular formula is C17H37NO. The molecule has 0 heterocycles. The monoisotopic (exact) mass is 271 g/mol. The molecule has 0 rings (SSSR count). The average Bonchev–Trinajstić information content (AvgIpc) is 2.39. The first-order chi connectivity index (χ1) is 9.18. The average molecular weight is 271 g/mol. The third-order valence-corrected chi connectivity index (χ3v) is 3.11. The Morgan fingerprint density at radius 2 is 1.05 bits per heavy atom. The third-order valence-electron chi connectivity index (χ3n) is 3.11. The standard InChI is InChI=1S/C10H21NO.C7H16/c1-3-4-5-6-7-8-9-11-10(2)12;1-3-5-7-6-4-2/h3-9H2,1-2H3,(H,11,12);3-7H2,1-2H3. The van der Waals surface area contributed by atoms with E-state index in [0.717, 1.165) is 13.0 Å². The summed E-state index contributed by atoms with van der Waals surface area (Å²) in [7, 11) is 0. The van der Waals surface area contributed by atoms with Crippen molar-refractivity contribution in [3.05, 3.63) is 0 Å². The molecule has 0 aromatic carbocycles. The summed E-state index contributed by atoms with van der Waals surface area (Å²) in [5.41, 5.74) is 0. The van der Waals surface area contributed by atoms with Crippen molar-refractivity contribution in [2.24, 2.45) is 0 Å². The molecule has 0 aromatic rings. The molecule has 0 spiro atoms. The Morgan fingerprint density at radius 1 is 0.684 bits per heavy atom. The fourth-order valence-electron chi connectivity index (χ4n) is 1.85. The van der Waals surface area contributed by atoms with Crippen LogP contribution in [-0.2, 0) is 4.79 Å². The van der Waals surface area contributed by atoms with Crippen LogP contribution in [0.4, 0.5) is 0 Å². The molecule has 0 atom stereocenters. The molecule has 1 N–H and O–H groups in total. The Kier molecular flexibility index (Phi) is 21.7. The Balaban J connectivity index is 0. The topological polar surface area (TPSA) is 29.1 Å². The van der Waals surface area contributed by atoms with E-state index >= 15 is 0 Å². The van der Waals surface area contributed by atoms with Gasteiger partial charge in [-0.05, 0) is 6.42 Å². The van der Waals surface area contributed by atoms with E-state index in [9.17, 15) is 4.79 Å². The van der Waals surface area contributed by atoms with Crippen molar-refractivity contribution >= 4 is 5.91 Å². The lowest BCUT2D eigenvalue weighted by Gasteiger charge is -2.01. The van der Waals surface area contributed by atoms with Crippen molar-refractivity contribution in [1.82, 2.24) is 5.32 Å². The van der Waals surface area contributed by atoms with Gasteiger partial charge in [0.05, 0.1) is 0 Å². The molecule has 0 bridgehead atoms. The molecule has 19 heavy (non-hydrogen) atoms. The molecule has 0 aliphatic carbocycles. The molecule has 0 saturated heterocycles. The molecule has 0 aliphatic rings. The summed E-state index contributed by atoms with van der Waals surface area (Å²) in [4.78, 5) is 10.5. The van der Waals surface area contributed by atoms with Gasteiger partial charge in [0.15, 0.2) is 0 Å². The summed E-state index contributed by atoms with van der Waals surface area (Å²) in [5, 5.41) is 2.80. The van der Waals surface area contributed by atoms with Crippen LogP contribution in [0.25, 0.3) is 0 Å². The lowest BCUT2D eigenvalue weighted by atomic mass is 10.1. The van der Waals surface area contributed by atoms with E-state index in [4.69, 9.17) is 0 Å². The van der Waals surface area contributed by atoms with Crippen molar-refractivity contribution in [2.75, 3.05) is 6.54 Å². The molecule has 0 saturated carbocycles. The minimum atomic E-state index is 0.0866. The minimum absolute atomic E-state index is 0.0866. The molecule has 0 radical (unpaired) electrons. The van der Waals surface area contributed by atoms with Gasteiger partial charge in [0.2, 0.25) is 5.91 Å². The van der Waals surface area contributed by atoms with Gasteiger partial charge >= 0.3 is 0 Å². The van der Waals surface area contributed by atoms with E-state index in [1.165, 1.54) is 64.2 Å². The van der Waals surface area contributed by atoms with Gasteiger partial charge in [-0.1, -0.05) is 85.0 Å². The van der Waals surface area contributed by atoms with Crippen LogP contribution in [0.1, 0.15) is 98.3 Å². The maximum absolute atomic E-state index is 10.5. The maximum Gasteiger partial charge on any atom is 0.216 e. The van der Waals surface area contributed by atoms with Crippen LogP contribution in [0.3, 0.4) is 0 Å². The van der Waals surface area contributed by atoms with Crippen molar-refractivity contribution < 1.29 is 4.79 Å². The van der Waals surface area contributed by atoms with Gasteiger partial charge in [-0.25, -0.2) is 0 Å². The number of nitrogens with one attached hydrogen (secondary N) is 1. The summed E-state index contributed by atoms with van der Waals surface area (Å²) in [6, 6.07) is 0. The van der Waals surface area contributed by atoms with E-state index < -0.39 is 0 Å². The van der Waals surface area contributed by atoms with Crippen molar-refractivity contribution in [3.8, 4) is 0 Å².